The lowest BCUT2D eigenvalue weighted by Gasteiger charge is -2.12. The van der Waals surface area contributed by atoms with Gasteiger partial charge >= 0.3 is 6.18 Å². The Morgan fingerprint density at radius 2 is 2.00 bits per heavy atom. The molecule has 1 N–H and O–H groups in total. The van der Waals surface area contributed by atoms with Gasteiger partial charge in [-0.1, -0.05) is 11.6 Å². The number of hydrogen-bond donors (Lipinski definition) is 3. The van der Waals surface area contributed by atoms with Gasteiger partial charge in [-0.05, 0) is 34.3 Å². The zero-order valence-electron chi connectivity index (χ0n) is 18.5. The maximum Gasteiger partial charge on any atom is 0.417 e. The van der Waals surface area contributed by atoms with Crippen LogP contribution >= 0.6 is 78.3 Å². The molecule has 0 saturated carbocycles. The predicted octanol–water partition coefficient (Wildman–Crippen LogP) is 8.84. The maximum atomic E-state index is 12.5. The Bertz CT molecular complexity index is 1220. The van der Waals surface area contributed by atoms with Crippen molar-refractivity contribution in [3.8, 4) is 11.5 Å². The van der Waals surface area contributed by atoms with Gasteiger partial charge in [0.2, 0.25) is 0 Å². The lowest BCUT2D eigenvalue weighted by Crippen LogP contribution is -2.07. The van der Waals surface area contributed by atoms with Crippen LogP contribution in [0.1, 0.15) is 21.7 Å². The van der Waals surface area contributed by atoms with E-state index in [9.17, 15) is 13.2 Å². The molecule has 0 aliphatic carbocycles. The van der Waals surface area contributed by atoms with Gasteiger partial charge in [0.05, 0.1) is 38.7 Å². The Morgan fingerprint density at radius 3 is 2.64 bits per heavy atom. The van der Waals surface area contributed by atoms with E-state index in [1.807, 2.05) is 10.8 Å². The van der Waals surface area contributed by atoms with E-state index < -0.39 is 19.1 Å². The molecule has 4 rings (SSSR count). The molecule has 0 amide bonds. The van der Waals surface area contributed by atoms with Crippen molar-refractivity contribution < 1.29 is 22.4 Å². The van der Waals surface area contributed by atoms with Gasteiger partial charge in [0, 0.05) is 35.3 Å². The first-order valence-electron chi connectivity index (χ1n) is 9.96. The molecule has 1 unspecified atom stereocenters. The maximum absolute atomic E-state index is 12.5. The van der Waals surface area contributed by atoms with Crippen molar-refractivity contribution >= 4 is 78.3 Å². The lowest BCUT2D eigenvalue weighted by molar-refractivity contribution is -0.137. The molecule has 0 aliphatic heterocycles. The number of halogens is 4. The zero-order valence-corrected chi connectivity index (χ0v) is 24.4. The largest absolute Gasteiger partial charge is 0.486 e. The van der Waals surface area contributed by atoms with Crippen LogP contribution in [0.25, 0.3) is 0 Å². The number of thiophene rings is 2. The molecule has 1 atom stereocenters. The number of hydrogen-bond acceptors (Lipinski definition) is 9. The third-order valence-electron chi connectivity index (χ3n) is 4.26. The van der Waals surface area contributed by atoms with Crippen LogP contribution in [0.3, 0.4) is 0 Å². The second-order valence-electron chi connectivity index (χ2n) is 6.76. The summed E-state index contributed by atoms with van der Waals surface area (Å²) in [4.78, 5) is 11.7. The van der Waals surface area contributed by atoms with E-state index in [1.165, 1.54) is 11.3 Å². The summed E-state index contributed by atoms with van der Waals surface area (Å²) in [5.41, 5.74) is 0.543. The highest BCUT2D eigenvalue weighted by molar-refractivity contribution is 8.54. The van der Waals surface area contributed by atoms with Crippen molar-refractivity contribution in [1.82, 2.24) is 15.0 Å². The van der Waals surface area contributed by atoms with Gasteiger partial charge in [0.1, 0.15) is 18.1 Å². The summed E-state index contributed by atoms with van der Waals surface area (Å²) in [6.45, 7) is 2.09. The average molecular weight is 630 g/mol. The van der Waals surface area contributed by atoms with Crippen LogP contribution in [0.15, 0.2) is 52.0 Å². The minimum atomic E-state index is -4.46. The number of pyridine rings is 1. The molecule has 0 aliphatic rings. The fourth-order valence-corrected chi connectivity index (χ4v) is 7.47. The minimum absolute atomic E-state index is 0.00841. The van der Waals surface area contributed by atoms with Gasteiger partial charge in [-0.2, -0.15) is 38.4 Å². The van der Waals surface area contributed by atoms with Gasteiger partial charge < -0.3 is 14.2 Å². The van der Waals surface area contributed by atoms with E-state index in [-0.39, 0.29) is 17.3 Å². The smallest absolute Gasteiger partial charge is 0.417 e. The number of nitrogens with zero attached hydrogens (tertiary/aromatic N) is 2. The van der Waals surface area contributed by atoms with Gasteiger partial charge in [0.15, 0.2) is 7.35 Å². The molecule has 15 heteroatoms. The standard InChI is InChI=1S/C12H9ClF3NOS2.C9H11N2OPS3/c13-8-3-7(12(14,15)16)4-17-9(8)5-18-10-1-2-20-11(10)6-19;1-13(16-9-2-10-6-11-9)12-8-5-15-4-7(8)3-14/h1-4,19H,5-6H2;2,4-6,14H,3H2,1H3,(H,10,11). The average Bonchev–Trinajstić information content (AvgIpc) is 3.60. The van der Waals surface area contributed by atoms with Crippen molar-refractivity contribution in [3.63, 3.8) is 0 Å². The molecule has 0 saturated heterocycles. The summed E-state index contributed by atoms with van der Waals surface area (Å²) in [5.74, 6) is 2.85. The van der Waals surface area contributed by atoms with Gasteiger partial charge in [-0.15, -0.1) is 22.7 Å². The molecule has 0 bridgehead atoms. The van der Waals surface area contributed by atoms with E-state index in [0.717, 1.165) is 39.2 Å². The number of ether oxygens (including phenoxy) is 1. The Kier molecular flexibility index (Phi) is 11.6. The summed E-state index contributed by atoms with van der Waals surface area (Å²) >= 11 is 19.0. The molecular weight excluding hydrogens is 610 g/mol. The summed E-state index contributed by atoms with van der Waals surface area (Å²) in [5, 5.41) is 6.92. The number of thiol groups is 2. The van der Waals surface area contributed by atoms with Crippen molar-refractivity contribution in [3.05, 3.63) is 73.7 Å². The van der Waals surface area contributed by atoms with E-state index in [2.05, 4.69) is 52.3 Å². The first kappa shape index (κ1) is 29.5. The normalized spacial score (nSPS) is 12.1. The number of imidazole rings is 1. The number of nitrogens with one attached hydrogen (secondary N) is 1. The molecule has 194 valence electrons. The highest BCUT2D eigenvalue weighted by atomic mass is 35.5. The zero-order chi connectivity index (χ0) is 26.1. The third-order valence-corrected chi connectivity index (χ3v) is 9.84. The molecule has 0 radical (unpaired) electrons. The van der Waals surface area contributed by atoms with Gasteiger partial charge in [-0.3, -0.25) is 4.98 Å². The van der Waals surface area contributed by atoms with Crippen LogP contribution in [0.5, 0.6) is 11.5 Å². The van der Waals surface area contributed by atoms with Crippen LogP contribution in [-0.2, 0) is 24.3 Å². The summed E-state index contributed by atoms with van der Waals surface area (Å²) in [6, 6.07) is 2.62. The Labute approximate surface area is 235 Å². The predicted molar refractivity (Wildman–Crippen MR) is 151 cm³/mol. The number of aromatic amines is 1. The summed E-state index contributed by atoms with van der Waals surface area (Å²) < 4.78 is 48.8. The molecular formula is C21H20ClF3N3O2PS5. The SMILES string of the molecule is CP(Oc1cscc1CS)Sc1cnc[nH]1.FC(F)(F)c1cnc(COc2ccsc2CS)c(Cl)c1. The molecule has 0 spiro atoms. The van der Waals surface area contributed by atoms with Crippen molar-refractivity contribution in [2.24, 2.45) is 0 Å². The van der Waals surface area contributed by atoms with E-state index in [4.69, 9.17) is 20.9 Å². The van der Waals surface area contributed by atoms with Crippen LogP contribution in [0, 0.1) is 0 Å². The highest BCUT2D eigenvalue weighted by Crippen LogP contribution is 2.51. The molecule has 5 nitrogen and oxygen atoms in total. The van der Waals surface area contributed by atoms with Gasteiger partial charge in [0.25, 0.3) is 0 Å². The quantitative estimate of drug-likeness (QED) is 0.128. The molecule has 4 heterocycles. The number of H-pyrrole nitrogens is 1. The highest BCUT2D eigenvalue weighted by Gasteiger charge is 2.31. The Morgan fingerprint density at radius 1 is 1.19 bits per heavy atom. The molecule has 0 fully saturated rings. The fourth-order valence-electron chi connectivity index (χ4n) is 2.54. The van der Waals surface area contributed by atoms with Crippen LogP contribution in [-0.4, -0.2) is 21.6 Å². The topological polar surface area (TPSA) is 60.0 Å². The van der Waals surface area contributed by atoms with E-state index in [0.29, 0.717) is 11.5 Å². The first-order valence-corrected chi connectivity index (χ1v) is 16.6. The van der Waals surface area contributed by atoms with E-state index >= 15 is 0 Å². The van der Waals surface area contributed by atoms with Crippen molar-refractivity contribution in [1.29, 1.82) is 0 Å². The van der Waals surface area contributed by atoms with Crippen LogP contribution in [0.4, 0.5) is 13.2 Å². The van der Waals surface area contributed by atoms with E-state index in [1.54, 1.807) is 41.3 Å². The van der Waals surface area contributed by atoms with Gasteiger partial charge in [-0.25, -0.2) is 4.98 Å². The van der Waals surface area contributed by atoms with Crippen molar-refractivity contribution in [2.45, 2.75) is 29.3 Å². The third kappa shape index (κ3) is 8.75. The Hall–Kier alpha value is -1.08. The molecule has 4 aromatic rings. The monoisotopic (exact) mass is 629 g/mol. The summed E-state index contributed by atoms with van der Waals surface area (Å²) in [7, 11) is -0.585. The van der Waals surface area contributed by atoms with Crippen LogP contribution in [0.2, 0.25) is 5.02 Å². The molecule has 0 aromatic carbocycles. The first-order chi connectivity index (χ1) is 17.2. The fraction of sp³-hybridized carbons (Fsp3) is 0.238. The number of rotatable bonds is 9. The number of alkyl halides is 3. The minimum Gasteiger partial charge on any atom is -0.486 e. The second kappa shape index (κ2) is 14.2. The lowest BCUT2D eigenvalue weighted by atomic mass is 10.2. The molecule has 36 heavy (non-hydrogen) atoms. The number of aromatic nitrogens is 3. The van der Waals surface area contributed by atoms with Crippen LogP contribution < -0.4 is 9.26 Å². The molecule has 4 aromatic heterocycles. The summed E-state index contributed by atoms with van der Waals surface area (Å²) in [6.07, 6.45) is -0.227. The second-order valence-corrected chi connectivity index (χ2v) is 13.3. The van der Waals surface area contributed by atoms with Crippen molar-refractivity contribution in [2.75, 3.05) is 6.66 Å². The Balaban J connectivity index is 0.000000205.